The van der Waals surface area contributed by atoms with Gasteiger partial charge in [-0.25, -0.2) is 0 Å². The lowest BCUT2D eigenvalue weighted by Crippen LogP contribution is -2.55. The highest BCUT2D eigenvalue weighted by atomic mass is 16.5. The van der Waals surface area contributed by atoms with Crippen molar-refractivity contribution in [2.45, 2.75) is 38.2 Å². The summed E-state index contributed by atoms with van der Waals surface area (Å²) in [7, 11) is 1.65. The van der Waals surface area contributed by atoms with Crippen LogP contribution in [-0.4, -0.2) is 49.6 Å². The maximum atomic E-state index is 12.9. The van der Waals surface area contributed by atoms with Gasteiger partial charge in [-0.3, -0.25) is 9.59 Å². The topological polar surface area (TPSA) is 81.9 Å². The summed E-state index contributed by atoms with van der Waals surface area (Å²) in [6, 6.07) is 16.1. The number of primary amides is 1. The number of hydrogen-bond donors (Lipinski definition) is 1. The number of ether oxygens (including phenoxy) is 2. The number of hydrogen-bond acceptors (Lipinski definition) is 4. The van der Waals surface area contributed by atoms with Crippen LogP contribution in [0, 0.1) is 5.41 Å². The van der Waals surface area contributed by atoms with Gasteiger partial charge in [-0.1, -0.05) is 36.4 Å². The minimum atomic E-state index is -0.742. The Labute approximate surface area is 183 Å². The Kier molecular flexibility index (Phi) is 6.28. The number of methoxy groups -OCH3 is 1. The lowest BCUT2D eigenvalue weighted by atomic mass is 9.74. The second kappa shape index (κ2) is 9.10. The smallest absolute Gasteiger partial charge is 0.251 e. The van der Waals surface area contributed by atoms with E-state index in [2.05, 4.69) is 12.1 Å². The summed E-state index contributed by atoms with van der Waals surface area (Å²) in [6.45, 7) is 1.65. The molecular weight excluding hydrogens is 392 g/mol. The van der Waals surface area contributed by atoms with E-state index in [-0.39, 0.29) is 17.9 Å². The van der Waals surface area contributed by atoms with Crippen LogP contribution in [0.2, 0.25) is 0 Å². The Morgan fingerprint density at radius 1 is 1.10 bits per heavy atom. The molecule has 31 heavy (non-hydrogen) atoms. The SMILES string of the molecule is COc1ccc(-c2ccc(CC3(C(N)=O)CCCN(C(=O)C4CCCO4)C3)cc2)cc1. The highest BCUT2D eigenvalue weighted by Gasteiger charge is 2.43. The number of nitrogens with two attached hydrogens (primary N) is 1. The molecule has 2 N–H and O–H groups in total. The zero-order chi connectivity index (χ0) is 21.8. The number of benzene rings is 2. The average molecular weight is 423 g/mol. The first-order chi connectivity index (χ1) is 15.0. The zero-order valence-electron chi connectivity index (χ0n) is 18.0. The van der Waals surface area contributed by atoms with E-state index in [9.17, 15) is 9.59 Å². The molecule has 2 fully saturated rings. The molecule has 164 valence electrons. The molecule has 2 aromatic rings. The normalized spacial score (nSPS) is 23.5. The third-order valence-electron chi connectivity index (χ3n) is 6.54. The standard InChI is InChI=1S/C25H30N2O4/c1-30-21-11-9-20(10-12-21)19-7-5-18(6-8-19)16-25(24(26)29)13-3-14-27(17-25)23(28)22-4-2-15-31-22/h5-12,22H,2-4,13-17H2,1H3,(H2,26,29). The van der Waals surface area contributed by atoms with Gasteiger partial charge in [0.05, 0.1) is 12.5 Å². The molecule has 2 unspecified atom stereocenters. The van der Waals surface area contributed by atoms with Gasteiger partial charge < -0.3 is 20.1 Å². The van der Waals surface area contributed by atoms with Crippen molar-refractivity contribution < 1.29 is 19.1 Å². The van der Waals surface area contributed by atoms with Crippen LogP contribution in [0.25, 0.3) is 11.1 Å². The van der Waals surface area contributed by atoms with Gasteiger partial charge in [-0.05, 0) is 60.9 Å². The first-order valence-electron chi connectivity index (χ1n) is 10.9. The van der Waals surface area contributed by atoms with Gasteiger partial charge in [0.2, 0.25) is 5.91 Å². The van der Waals surface area contributed by atoms with Gasteiger partial charge in [0.25, 0.3) is 5.91 Å². The number of rotatable bonds is 6. The molecule has 2 aromatic carbocycles. The van der Waals surface area contributed by atoms with Crippen molar-refractivity contribution >= 4 is 11.8 Å². The predicted octanol–water partition coefficient (Wildman–Crippen LogP) is 3.18. The number of carbonyl (C=O) groups excluding carboxylic acids is 2. The Bertz CT molecular complexity index is 920. The molecule has 2 aliphatic rings. The number of piperidine rings is 1. The molecule has 0 aliphatic carbocycles. The fraction of sp³-hybridized carbons (Fsp3) is 0.440. The second-order valence-corrected chi connectivity index (χ2v) is 8.61. The molecule has 0 spiro atoms. The lowest BCUT2D eigenvalue weighted by molar-refractivity contribution is -0.147. The van der Waals surface area contributed by atoms with E-state index in [1.807, 2.05) is 36.4 Å². The zero-order valence-corrected chi connectivity index (χ0v) is 18.0. The monoisotopic (exact) mass is 422 g/mol. The summed E-state index contributed by atoms with van der Waals surface area (Å²) in [5.41, 5.74) is 8.39. The lowest BCUT2D eigenvalue weighted by Gasteiger charge is -2.41. The largest absolute Gasteiger partial charge is 0.497 e. The third-order valence-corrected chi connectivity index (χ3v) is 6.54. The summed E-state index contributed by atoms with van der Waals surface area (Å²) >= 11 is 0. The molecule has 2 aliphatic heterocycles. The van der Waals surface area contributed by atoms with E-state index in [4.69, 9.17) is 15.2 Å². The van der Waals surface area contributed by atoms with Crippen molar-refractivity contribution in [1.82, 2.24) is 4.90 Å². The average Bonchev–Trinajstić information content (AvgIpc) is 3.34. The fourth-order valence-corrected chi connectivity index (χ4v) is 4.72. The van der Waals surface area contributed by atoms with Crippen molar-refractivity contribution in [3.63, 3.8) is 0 Å². The fourth-order valence-electron chi connectivity index (χ4n) is 4.72. The number of amides is 2. The third kappa shape index (κ3) is 4.59. The van der Waals surface area contributed by atoms with Crippen LogP contribution in [0.15, 0.2) is 48.5 Å². The molecule has 6 heteroatoms. The van der Waals surface area contributed by atoms with Gasteiger partial charge in [0.1, 0.15) is 11.9 Å². The van der Waals surface area contributed by atoms with Gasteiger partial charge in [0, 0.05) is 19.7 Å². The van der Waals surface area contributed by atoms with E-state index in [0.29, 0.717) is 32.5 Å². The molecular formula is C25H30N2O4. The molecule has 2 atom stereocenters. The van der Waals surface area contributed by atoms with Crippen LogP contribution in [-0.2, 0) is 20.7 Å². The van der Waals surface area contributed by atoms with Crippen molar-refractivity contribution in [1.29, 1.82) is 0 Å². The number of likely N-dealkylation sites (tertiary alicyclic amines) is 1. The van der Waals surface area contributed by atoms with E-state index >= 15 is 0 Å². The van der Waals surface area contributed by atoms with Gasteiger partial charge in [-0.2, -0.15) is 0 Å². The van der Waals surface area contributed by atoms with Crippen LogP contribution >= 0.6 is 0 Å². The van der Waals surface area contributed by atoms with Gasteiger partial charge >= 0.3 is 0 Å². The van der Waals surface area contributed by atoms with Crippen LogP contribution in [0.5, 0.6) is 5.75 Å². The van der Waals surface area contributed by atoms with E-state index in [1.54, 1.807) is 12.0 Å². The van der Waals surface area contributed by atoms with Crippen molar-refractivity contribution in [3.05, 3.63) is 54.1 Å². The summed E-state index contributed by atoms with van der Waals surface area (Å²) < 4.78 is 10.8. The Morgan fingerprint density at radius 2 is 1.77 bits per heavy atom. The Morgan fingerprint density at radius 3 is 2.35 bits per heavy atom. The first-order valence-corrected chi connectivity index (χ1v) is 10.9. The molecule has 0 radical (unpaired) electrons. The quantitative estimate of drug-likeness (QED) is 0.775. The van der Waals surface area contributed by atoms with E-state index < -0.39 is 5.41 Å². The summed E-state index contributed by atoms with van der Waals surface area (Å²) in [5, 5.41) is 0. The molecule has 0 aromatic heterocycles. The maximum absolute atomic E-state index is 12.9. The molecule has 6 nitrogen and oxygen atoms in total. The second-order valence-electron chi connectivity index (χ2n) is 8.61. The van der Waals surface area contributed by atoms with Crippen LogP contribution in [0.4, 0.5) is 0 Å². The highest BCUT2D eigenvalue weighted by molar-refractivity contribution is 5.85. The molecule has 0 bridgehead atoms. The Balaban J connectivity index is 1.49. The Hall–Kier alpha value is -2.86. The van der Waals surface area contributed by atoms with Gasteiger partial charge in [-0.15, -0.1) is 0 Å². The van der Waals surface area contributed by atoms with Crippen molar-refractivity contribution in [2.75, 3.05) is 26.8 Å². The molecule has 2 saturated heterocycles. The van der Waals surface area contributed by atoms with Gasteiger partial charge in [0.15, 0.2) is 0 Å². The summed E-state index contributed by atoms with van der Waals surface area (Å²) in [5.74, 6) is 0.484. The molecule has 2 amide bonds. The van der Waals surface area contributed by atoms with Crippen LogP contribution < -0.4 is 10.5 Å². The van der Waals surface area contributed by atoms with E-state index in [0.717, 1.165) is 41.7 Å². The summed E-state index contributed by atoms with van der Waals surface area (Å²) in [4.78, 5) is 27.2. The minimum absolute atomic E-state index is 0.00215. The molecule has 2 heterocycles. The van der Waals surface area contributed by atoms with Crippen LogP contribution in [0.1, 0.15) is 31.2 Å². The van der Waals surface area contributed by atoms with Crippen LogP contribution in [0.3, 0.4) is 0 Å². The number of nitrogens with zero attached hydrogens (tertiary/aromatic N) is 1. The minimum Gasteiger partial charge on any atom is -0.497 e. The summed E-state index contributed by atoms with van der Waals surface area (Å²) in [6.07, 6.45) is 3.29. The molecule has 0 saturated carbocycles. The van der Waals surface area contributed by atoms with Crippen molar-refractivity contribution in [2.24, 2.45) is 11.1 Å². The highest BCUT2D eigenvalue weighted by Crippen LogP contribution is 2.35. The first kappa shape index (κ1) is 21.4. The number of carbonyl (C=O) groups is 2. The molecule has 4 rings (SSSR count). The maximum Gasteiger partial charge on any atom is 0.251 e. The van der Waals surface area contributed by atoms with Crippen molar-refractivity contribution in [3.8, 4) is 16.9 Å². The predicted molar refractivity (Wildman–Crippen MR) is 119 cm³/mol. The van der Waals surface area contributed by atoms with E-state index in [1.165, 1.54) is 0 Å².